The van der Waals surface area contributed by atoms with Crippen LogP contribution in [0.3, 0.4) is 0 Å². The average molecular weight is 330 g/mol. The van der Waals surface area contributed by atoms with E-state index in [1.54, 1.807) is 0 Å². The third-order valence-corrected chi connectivity index (χ3v) is 5.19. The first-order valence-corrected chi connectivity index (χ1v) is 9.06. The van der Waals surface area contributed by atoms with E-state index in [4.69, 9.17) is 4.74 Å². The van der Waals surface area contributed by atoms with Crippen LogP contribution in [0, 0.1) is 0 Å². The number of fused-ring (bicyclic) bond motifs is 2. The highest BCUT2D eigenvalue weighted by Crippen LogP contribution is 2.40. The van der Waals surface area contributed by atoms with Crippen LogP contribution in [0.2, 0.25) is 0 Å². The molecule has 0 heterocycles. The maximum absolute atomic E-state index is 12.8. The van der Waals surface area contributed by atoms with E-state index in [9.17, 15) is 4.79 Å². The van der Waals surface area contributed by atoms with E-state index < -0.39 is 0 Å². The number of carbonyl (C=O) groups excluding carboxylic acids is 1. The molecule has 1 aliphatic carbocycles. The van der Waals surface area contributed by atoms with Gasteiger partial charge in [0.25, 0.3) is 0 Å². The second kappa shape index (κ2) is 6.72. The van der Waals surface area contributed by atoms with E-state index in [1.807, 2.05) is 25.1 Å². The minimum Gasteiger partial charge on any atom is -0.462 e. The van der Waals surface area contributed by atoms with Gasteiger partial charge in [0.05, 0.1) is 12.2 Å². The minimum atomic E-state index is -0.211. The molecule has 0 aromatic heterocycles. The summed E-state index contributed by atoms with van der Waals surface area (Å²) in [4.78, 5) is 12.8. The van der Waals surface area contributed by atoms with Crippen LogP contribution in [0.5, 0.6) is 0 Å². The molecule has 0 radical (unpaired) electrons. The molecule has 0 bridgehead atoms. The van der Waals surface area contributed by atoms with E-state index in [2.05, 4.69) is 42.5 Å². The number of esters is 1. The Bertz CT molecular complexity index is 926. The van der Waals surface area contributed by atoms with Gasteiger partial charge in [-0.25, -0.2) is 4.79 Å². The fraction of sp³-hybridized carbons (Fsp3) is 0.261. The quantitative estimate of drug-likeness (QED) is 0.594. The van der Waals surface area contributed by atoms with Gasteiger partial charge in [0.15, 0.2) is 0 Å². The Balaban J connectivity index is 1.93. The average Bonchev–Trinajstić information content (AvgIpc) is 2.67. The molecule has 0 saturated heterocycles. The summed E-state index contributed by atoms with van der Waals surface area (Å²) in [6.07, 6.45) is 3.34. The Labute approximate surface area is 148 Å². The lowest BCUT2D eigenvalue weighted by molar-refractivity contribution is 0.0527. The lowest BCUT2D eigenvalue weighted by atomic mass is 9.77. The Morgan fingerprint density at radius 3 is 2.68 bits per heavy atom. The predicted molar refractivity (Wildman–Crippen MR) is 101 cm³/mol. The molecule has 4 rings (SSSR count). The molecule has 3 aromatic rings. The van der Waals surface area contributed by atoms with Crippen LogP contribution in [0.25, 0.3) is 10.8 Å². The third-order valence-electron chi connectivity index (χ3n) is 5.19. The number of hydrogen-bond donors (Lipinski definition) is 0. The summed E-state index contributed by atoms with van der Waals surface area (Å²) in [5.74, 6) is 0.0475. The van der Waals surface area contributed by atoms with Crippen molar-refractivity contribution in [2.45, 2.75) is 32.1 Å². The number of rotatable bonds is 3. The van der Waals surface area contributed by atoms with E-state index in [-0.39, 0.29) is 11.9 Å². The van der Waals surface area contributed by atoms with Gasteiger partial charge in [-0.05, 0) is 53.6 Å². The minimum absolute atomic E-state index is 0.211. The zero-order valence-corrected chi connectivity index (χ0v) is 14.5. The van der Waals surface area contributed by atoms with Crippen molar-refractivity contribution in [1.82, 2.24) is 0 Å². The summed E-state index contributed by atoms with van der Waals surface area (Å²) < 4.78 is 5.42. The van der Waals surface area contributed by atoms with Crippen LogP contribution in [0.15, 0.2) is 60.7 Å². The Kier molecular flexibility index (Phi) is 4.27. The maximum atomic E-state index is 12.8. The molecule has 0 fully saturated rings. The summed E-state index contributed by atoms with van der Waals surface area (Å²) in [5.41, 5.74) is 4.60. The Morgan fingerprint density at radius 2 is 1.80 bits per heavy atom. The summed E-state index contributed by atoms with van der Waals surface area (Å²) in [6, 6.07) is 21.0. The topological polar surface area (TPSA) is 26.3 Å². The van der Waals surface area contributed by atoms with Gasteiger partial charge >= 0.3 is 5.97 Å². The van der Waals surface area contributed by atoms with E-state index in [0.717, 1.165) is 41.2 Å². The summed E-state index contributed by atoms with van der Waals surface area (Å²) in [7, 11) is 0. The van der Waals surface area contributed by atoms with E-state index in [1.165, 1.54) is 11.1 Å². The van der Waals surface area contributed by atoms with Gasteiger partial charge in [-0.2, -0.15) is 0 Å². The smallest absolute Gasteiger partial charge is 0.339 e. The van der Waals surface area contributed by atoms with Gasteiger partial charge in [-0.15, -0.1) is 0 Å². The largest absolute Gasteiger partial charge is 0.462 e. The standard InChI is InChI=1S/C23H22O2/c1-2-25-23(24)22-19-12-6-4-9-17(19)14-15-21(22)20-13-7-10-16-8-3-5-11-18(16)20/h3-6,8-9,11-12,14-15,20H,2,7,10,13H2,1H3. The van der Waals surface area contributed by atoms with Gasteiger partial charge < -0.3 is 4.74 Å². The van der Waals surface area contributed by atoms with Crippen molar-refractivity contribution in [3.63, 3.8) is 0 Å². The molecule has 2 heteroatoms. The lowest BCUT2D eigenvalue weighted by Gasteiger charge is -2.27. The molecular formula is C23H22O2. The van der Waals surface area contributed by atoms with Gasteiger partial charge in [0.1, 0.15) is 0 Å². The zero-order chi connectivity index (χ0) is 17.2. The monoisotopic (exact) mass is 330 g/mol. The normalized spacial score (nSPS) is 16.4. The zero-order valence-electron chi connectivity index (χ0n) is 14.5. The number of aryl methyl sites for hydroxylation is 1. The molecule has 0 N–H and O–H groups in total. The first kappa shape index (κ1) is 15.9. The summed E-state index contributed by atoms with van der Waals surface area (Å²) in [5, 5.41) is 2.07. The molecule has 25 heavy (non-hydrogen) atoms. The fourth-order valence-corrected chi connectivity index (χ4v) is 4.09. The number of ether oxygens (including phenoxy) is 1. The third kappa shape index (κ3) is 2.82. The predicted octanol–water partition coefficient (Wildman–Crippen LogP) is 5.48. The highest BCUT2D eigenvalue weighted by Gasteiger charge is 2.27. The molecule has 2 nitrogen and oxygen atoms in total. The Hall–Kier alpha value is -2.61. The second-order valence-electron chi connectivity index (χ2n) is 6.62. The molecule has 0 saturated carbocycles. The van der Waals surface area contributed by atoms with Crippen molar-refractivity contribution in [3.05, 3.63) is 82.9 Å². The Morgan fingerprint density at radius 1 is 1.00 bits per heavy atom. The molecule has 126 valence electrons. The van der Waals surface area contributed by atoms with Gasteiger partial charge in [0, 0.05) is 5.92 Å². The first-order chi connectivity index (χ1) is 12.3. The van der Waals surface area contributed by atoms with Gasteiger partial charge in [-0.3, -0.25) is 0 Å². The first-order valence-electron chi connectivity index (χ1n) is 9.06. The SMILES string of the molecule is CCOC(=O)c1c(C2CCCc3ccccc32)ccc2ccccc12. The van der Waals surface area contributed by atoms with Crippen LogP contribution in [-0.2, 0) is 11.2 Å². The molecular weight excluding hydrogens is 308 g/mol. The fourth-order valence-electron chi connectivity index (χ4n) is 4.09. The maximum Gasteiger partial charge on any atom is 0.339 e. The van der Waals surface area contributed by atoms with Crippen LogP contribution in [-0.4, -0.2) is 12.6 Å². The molecule has 0 spiro atoms. The van der Waals surface area contributed by atoms with Crippen LogP contribution in [0.4, 0.5) is 0 Å². The molecule has 1 atom stereocenters. The van der Waals surface area contributed by atoms with E-state index >= 15 is 0 Å². The highest BCUT2D eigenvalue weighted by molar-refractivity contribution is 6.06. The second-order valence-corrected chi connectivity index (χ2v) is 6.62. The van der Waals surface area contributed by atoms with Crippen molar-refractivity contribution >= 4 is 16.7 Å². The van der Waals surface area contributed by atoms with Crippen molar-refractivity contribution in [1.29, 1.82) is 0 Å². The van der Waals surface area contributed by atoms with Crippen LogP contribution >= 0.6 is 0 Å². The number of benzene rings is 3. The van der Waals surface area contributed by atoms with Crippen LogP contribution < -0.4 is 0 Å². The number of hydrogen-bond acceptors (Lipinski definition) is 2. The van der Waals surface area contributed by atoms with Crippen molar-refractivity contribution in [3.8, 4) is 0 Å². The summed E-state index contributed by atoms with van der Waals surface area (Å²) >= 11 is 0. The van der Waals surface area contributed by atoms with Gasteiger partial charge in [-0.1, -0.05) is 60.7 Å². The molecule has 1 unspecified atom stereocenters. The number of carbonyl (C=O) groups is 1. The molecule has 1 aliphatic rings. The molecule has 3 aromatic carbocycles. The van der Waals surface area contributed by atoms with E-state index in [0.29, 0.717) is 6.61 Å². The lowest BCUT2D eigenvalue weighted by Crippen LogP contribution is -2.16. The van der Waals surface area contributed by atoms with Gasteiger partial charge in [0.2, 0.25) is 0 Å². The highest BCUT2D eigenvalue weighted by atomic mass is 16.5. The van der Waals surface area contributed by atoms with Crippen molar-refractivity contribution in [2.24, 2.45) is 0 Å². The molecule has 0 amide bonds. The van der Waals surface area contributed by atoms with Crippen molar-refractivity contribution in [2.75, 3.05) is 6.61 Å². The van der Waals surface area contributed by atoms with Crippen LogP contribution in [0.1, 0.15) is 52.7 Å². The van der Waals surface area contributed by atoms with Crippen molar-refractivity contribution < 1.29 is 9.53 Å². The molecule has 0 aliphatic heterocycles. The summed E-state index contributed by atoms with van der Waals surface area (Å²) in [6.45, 7) is 2.25.